The largest absolute Gasteiger partial charge is 0.462 e. The fraction of sp³-hybridized carbons (Fsp3) is 0.516. The first-order valence-electron chi connectivity index (χ1n) is 14.2. The summed E-state index contributed by atoms with van der Waals surface area (Å²) in [6.45, 7) is 2.02. The summed E-state index contributed by atoms with van der Waals surface area (Å²) in [6, 6.07) is 16.4. The number of aliphatic hydroxyl groups excluding tert-OH is 5. The molecule has 12 nitrogen and oxygen atoms in total. The van der Waals surface area contributed by atoms with Crippen molar-refractivity contribution >= 4 is 12.0 Å². The molecular formula is C31H41NO11. The van der Waals surface area contributed by atoms with Crippen molar-refractivity contribution in [1.29, 1.82) is 0 Å². The van der Waals surface area contributed by atoms with Crippen LogP contribution in [0.2, 0.25) is 0 Å². The summed E-state index contributed by atoms with van der Waals surface area (Å²) in [5.41, 5.74) is 1.90. The zero-order valence-electron chi connectivity index (χ0n) is 24.4. The molecule has 2 saturated heterocycles. The van der Waals surface area contributed by atoms with Crippen molar-refractivity contribution in [2.24, 2.45) is 0 Å². The maximum atomic E-state index is 12.2. The zero-order valence-corrected chi connectivity index (χ0v) is 24.4. The lowest BCUT2D eigenvalue weighted by molar-refractivity contribution is -0.349. The van der Waals surface area contributed by atoms with Gasteiger partial charge < -0.3 is 54.1 Å². The monoisotopic (exact) mass is 603 g/mol. The average Bonchev–Trinajstić information content (AvgIpc) is 3.00. The van der Waals surface area contributed by atoms with Crippen molar-refractivity contribution in [2.75, 3.05) is 27.2 Å². The number of likely N-dealkylation sites (N-methyl/N-ethyl adjacent to an activating group) is 1. The normalized spacial score (nSPS) is 33.0. The van der Waals surface area contributed by atoms with Crippen LogP contribution in [0.5, 0.6) is 5.75 Å². The van der Waals surface area contributed by atoms with Gasteiger partial charge in [0, 0.05) is 12.6 Å². The molecule has 2 aromatic rings. The minimum Gasteiger partial charge on any atom is -0.462 e. The fourth-order valence-electron chi connectivity index (χ4n) is 4.77. The highest BCUT2D eigenvalue weighted by Crippen LogP contribution is 2.30. The Labute approximate surface area is 250 Å². The number of carbonyl (C=O) groups is 1. The van der Waals surface area contributed by atoms with E-state index in [0.717, 1.165) is 24.1 Å². The number of hydrogen-bond acceptors (Lipinski definition) is 12. The van der Waals surface area contributed by atoms with Gasteiger partial charge in [0.05, 0.1) is 6.10 Å². The van der Waals surface area contributed by atoms with E-state index in [1.165, 1.54) is 6.08 Å². The molecular weight excluding hydrogens is 562 g/mol. The standard InChI is InChI=1S/C31H41NO11/c1-18-29(26(36)28(38)30(40-18)41-21-12-9-20(10-13-21)15-16-32(2)3)43-31-27(37)25(35)24(34)22(42-31)17-39-23(33)14-11-19-7-5-4-6-8-19/h4-14,18,22,24-31,34-38H,15-17H2,1-3H3/b14-11+/t18-,22-,24-,25-,26+,27+,28+,29-,30-,31-/m1/s1. The number of carbonyl (C=O) groups excluding carboxylic acids is 1. The number of rotatable bonds is 11. The van der Waals surface area contributed by atoms with Crippen LogP contribution >= 0.6 is 0 Å². The second-order valence-electron chi connectivity index (χ2n) is 11.0. The van der Waals surface area contributed by atoms with Gasteiger partial charge in [0.1, 0.15) is 55.1 Å². The summed E-state index contributed by atoms with van der Waals surface area (Å²) in [4.78, 5) is 14.3. The fourth-order valence-corrected chi connectivity index (χ4v) is 4.77. The van der Waals surface area contributed by atoms with E-state index in [9.17, 15) is 30.3 Å². The van der Waals surface area contributed by atoms with Crippen LogP contribution in [-0.4, -0.2) is 125 Å². The lowest BCUT2D eigenvalue weighted by Crippen LogP contribution is -2.64. The molecule has 2 aliphatic heterocycles. The summed E-state index contributed by atoms with van der Waals surface area (Å²) in [6.07, 6.45) is -10.5. The third-order valence-electron chi connectivity index (χ3n) is 7.36. The molecule has 0 bridgehead atoms. The maximum Gasteiger partial charge on any atom is 0.330 e. The lowest BCUT2D eigenvalue weighted by Gasteiger charge is -2.45. The molecule has 2 aromatic carbocycles. The first-order valence-corrected chi connectivity index (χ1v) is 14.2. The summed E-state index contributed by atoms with van der Waals surface area (Å²) in [5, 5.41) is 53.0. The zero-order chi connectivity index (χ0) is 31.1. The number of hydrogen-bond donors (Lipinski definition) is 5. The molecule has 236 valence electrons. The molecule has 0 aromatic heterocycles. The van der Waals surface area contributed by atoms with Crippen LogP contribution in [0.4, 0.5) is 0 Å². The smallest absolute Gasteiger partial charge is 0.330 e. The predicted octanol–water partition coefficient (Wildman–Crippen LogP) is 0.0855. The van der Waals surface area contributed by atoms with Crippen molar-refractivity contribution in [3.05, 3.63) is 71.8 Å². The Hall–Kier alpha value is -2.91. The quantitative estimate of drug-likeness (QED) is 0.174. The van der Waals surface area contributed by atoms with Gasteiger partial charge in [-0.25, -0.2) is 4.79 Å². The second-order valence-corrected chi connectivity index (χ2v) is 11.0. The van der Waals surface area contributed by atoms with Crippen LogP contribution in [0, 0.1) is 0 Å². The van der Waals surface area contributed by atoms with Gasteiger partial charge in [0.2, 0.25) is 6.29 Å². The van der Waals surface area contributed by atoms with Crippen molar-refractivity contribution in [1.82, 2.24) is 4.90 Å². The lowest BCUT2D eigenvalue weighted by atomic mass is 9.97. The maximum absolute atomic E-state index is 12.2. The summed E-state index contributed by atoms with van der Waals surface area (Å²) < 4.78 is 28.2. The van der Waals surface area contributed by atoms with Gasteiger partial charge in [-0.2, -0.15) is 0 Å². The molecule has 10 atom stereocenters. The van der Waals surface area contributed by atoms with Crippen LogP contribution in [0.1, 0.15) is 18.1 Å². The van der Waals surface area contributed by atoms with Gasteiger partial charge in [0.25, 0.3) is 0 Å². The third kappa shape index (κ3) is 8.82. The molecule has 12 heteroatoms. The number of esters is 1. The topological polar surface area (TPSA) is 168 Å². The van der Waals surface area contributed by atoms with Gasteiger partial charge in [-0.3, -0.25) is 0 Å². The van der Waals surface area contributed by atoms with E-state index in [1.54, 1.807) is 37.3 Å². The Morgan fingerprint density at radius 3 is 2.21 bits per heavy atom. The van der Waals surface area contributed by atoms with Crippen molar-refractivity contribution in [3.63, 3.8) is 0 Å². The van der Waals surface area contributed by atoms with Gasteiger partial charge >= 0.3 is 5.97 Å². The molecule has 0 saturated carbocycles. The molecule has 0 unspecified atom stereocenters. The Morgan fingerprint density at radius 1 is 0.860 bits per heavy atom. The van der Waals surface area contributed by atoms with E-state index in [2.05, 4.69) is 4.90 Å². The van der Waals surface area contributed by atoms with Crippen molar-refractivity contribution in [3.8, 4) is 5.75 Å². The molecule has 0 aliphatic carbocycles. The molecule has 5 N–H and O–H groups in total. The molecule has 2 aliphatic rings. The minimum absolute atomic E-state index is 0.440. The highest BCUT2D eigenvalue weighted by Gasteiger charge is 2.50. The second kappa shape index (κ2) is 15.2. The van der Waals surface area contributed by atoms with Crippen LogP contribution < -0.4 is 4.74 Å². The first-order chi connectivity index (χ1) is 20.5. The minimum atomic E-state index is -1.71. The highest BCUT2D eigenvalue weighted by atomic mass is 16.7. The molecule has 2 heterocycles. The Morgan fingerprint density at radius 2 is 1.53 bits per heavy atom. The third-order valence-corrected chi connectivity index (χ3v) is 7.36. The van der Waals surface area contributed by atoms with E-state index in [0.29, 0.717) is 5.75 Å². The van der Waals surface area contributed by atoms with Crippen molar-refractivity contribution < 1.29 is 54.0 Å². The summed E-state index contributed by atoms with van der Waals surface area (Å²) >= 11 is 0. The van der Waals surface area contributed by atoms with Gasteiger partial charge in [-0.1, -0.05) is 42.5 Å². The van der Waals surface area contributed by atoms with E-state index in [-0.39, 0.29) is 0 Å². The molecule has 0 spiro atoms. The van der Waals surface area contributed by atoms with E-state index >= 15 is 0 Å². The molecule has 0 amide bonds. The number of aliphatic hydroxyl groups is 5. The highest BCUT2D eigenvalue weighted by molar-refractivity contribution is 5.87. The number of nitrogens with zero attached hydrogens (tertiary/aromatic N) is 1. The molecule has 0 radical (unpaired) electrons. The van der Waals surface area contributed by atoms with Gasteiger partial charge in [-0.15, -0.1) is 0 Å². The van der Waals surface area contributed by atoms with Gasteiger partial charge in [-0.05, 0) is 56.8 Å². The predicted molar refractivity (Wildman–Crippen MR) is 154 cm³/mol. The Balaban J connectivity index is 1.32. The first kappa shape index (κ1) is 33.0. The Bertz CT molecular complexity index is 1180. The van der Waals surface area contributed by atoms with Crippen LogP contribution in [0.25, 0.3) is 6.08 Å². The average molecular weight is 604 g/mol. The van der Waals surface area contributed by atoms with Crippen molar-refractivity contribution in [2.45, 2.75) is 74.8 Å². The Kier molecular flexibility index (Phi) is 11.7. The molecule has 43 heavy (non-hydrogen) atoms. The van der Waals surface area contributed by atoms with E-state index in [1.807, 2.05) is 44.4 Å². The number of benzene rings is 2. The molecule has 4 rings (SSSR count). The SMILES string of the molecule is C[C@H]1O[C@H](Oc2ccc(CCN(C)C)cc2)[C@@H](O)[C@H](O)[C@@H]1O[C@H]1O[C@H](COC(=O)/C=C/c2ccccc2)[C@@H](O)[C@@H](O)[C@@H]1O. The molecule has 2 fully saturated rings. The van der Waals surface area contributed by atoms with E-state index in [4.69, 9.17) is 23.7 Å². The van der Waals surface area contributed by atoms with E-state index < -0.39 is 74.0 Å². The van der Waals surface area contributed by atoms with Crippen LogP contribution in [-0.2, 0) is 30.2 Å². The van der Waals surface area contributed by atoms with Crippen LogP contribution in [0.3, 0.4) is 0 Å². The summed E-state index contributed by atoms with van der Waals surface area (Å²) in [7, 11) is 3.99. The van der Waals surface area contributed by atoms with Crippen LogP contribution in [0.15, 0.2) is 60.7 Å². The summed E-state index contributed by atoms with van der Waals surface area (Å²) in [5.74, 6) is -0.268. The van der Waals surface area contributed by atoms with Gasteiger partial charge in [0.15, 0.2) is 6.29 Å². The number of ether oxygens (including phenoxy) is 5.